The molecule has 0 aliphatic carbocycles. The van der Waals surface area contributed by atoms with Crippen molar-refractivity contribution in [1.82, 2.24) is 15.0 Å². The number of carbonyl (C=O) groups is 1. The van der Waals surface area contributed by atoms with Crippen LogP contribution in [0.25, 0.3) is 0 Å². The van der Waals surface area contributed by atoms with Gasteiger partial charge in [0.1, 0.15) is 0 Å². The number of rotatable bonds is 7. The Kier molecular flexibility index (Phi) is 6.84. The fourth-order valence-corrected chi connectivity index (χ4v) is 4.27. The van der Waals surface area contributed by atoms with Gasteiger partial charge in [-0.1, -0.05) is 29.8 Å². The van der Waals surface area contributed by atoms with Gasteiger partial charge in [-0.3, -0.25) is 4.79 Å². The molecule has 2 aliphatic rings. The van der Waals surface area contributed by atoms with Crippen LogP contribution in [0.15, 0.2) is 24.3 Å². The molecule has 31 heavy (non-hydrogen) atoms. The van der Waals surface area contributed by atoms with Crippen molar-refractivity contribution < 1.29 is 9.90 Å². The number of carboxylic acid groups (broad SMARTS) is 1. The molecule has 0 unspecified atom stereocenters. The normalized spacial score (nSPS) is 18.0. The van der Waals surface area contributed by atoms with Gasteiger partial charge in [-0.25, -0.2) is 0 Å². The average molecular weight is 425 g/mol. The first-order valence-electron chi connectivity index (χ1n) is 11.4. The van der Waals surface area contributed by atoms with Gasteiger partial charge in [0.15, 0.2) is 0 Å². The summed E-state index contributed by atoms with van der Waals surface area (Å²) in [4.78, 5) is 30.2. The van der Waals surface area contributed by atoms with Crippen molar-refractivity contribution in [3.63, 3.8) is 0 Å². The fraction of sp³-hybridized carbons (Fsp3) is 0.565. The van der Waals surface area contributed by atoms with Gasteiger partial charge in [-0.15, -0.1) is 0 Å². The number of carboxylic acids is 1. The number of piperidine rings is 2. The number of aromatic nitrogens is 3. The Morgan fingerprint density at radius 2 is 1.42 bits per heavy atom. The van der Waals surface area contributed by atoms with Crippen LogP contribution in [0.1, 0.15) is 62.1 Å². The summed E-state index contributed by atoms with van der Waals surface area (Å²) in [6, 6.07) is 7.52. The molecule has 0 radical (unpaired) electrons. The SMILES string of the molecule is Cc1ccc([C@@H](CC(=O)O)Nc2nc(N3CCCCC3)nc(N3CCCCC3)n2)cc1. The predicted octanol–water partition coefficient (Wildman–Crippen LogP) is 3.79. The molecule has 1 atom stereocenters. The van der Waals surface area contributed by atoms with Crippen LogP contribution in [0.4, 0.5) is 17.8 Å². The number of aryl methyl sites for hydroxylation is 1. The lowest BCUT2D eigenvalue weighted by molar-refractivity contribution is -0.137. The lowest BCUT2D eigenvalue weighted by atomic mass is 10.0. The molecule has 166 valence electrons. The minimum atomic E-state index is -0.861. The van der Waals surface area contributed by atoms with E-state index in [4.69, 9.17) is 15.0 Å². The summed E-state index contributed by atoms with van der Waals surface area (Å²) in [5, 5.41) is 12.8. The van der Waals surface area contributed by atoms with Gasteiger partial charge in [0.05, 0.1) is 12.5 Å². The van der Waals surface area contributed by atoms with Gasteiger partial charge in [0.2, 0.25) is 17.8 Å². The second kappa shape index (κ2) is 9.94. The number of hydrogen-bond acceptors (Lipinski definition) is 7. The Balaban J connectivity index is 1.65. The molecular formula is C23H32N6O2. The van der Waals surface area contributed by atoms with Gasteiger partial charge >= 0.3 is 5.97 Å². The summed E-state index contributed by atoms with van der Waals surface area (Å²) in [5.74, 6) is 0.967. The molecular weight excluding hydrogens is 392 g/mol. The Labute approximate surface area is 183 Å². The smallest absolute Gasteiger partial charge is 0.305 e. The van der Waals surface area contributed by atoms with Crippen LogP contribution in [0.2, 0.25) is 0 Å². The molecule has 0 saturated carbocycles. The summed E-state index contributed by atoms with van der Waals surface area (Å²) in [6.07, 6.45) is 6.97. The summed E-state index contributed by atoms with van der Waals surface area (Å²) in [6.45, 7) is 5.79. The van der Waals surface area contributed by atoms with Crippen molar-refractivity contribution in [1.29, 1.82) is 0 Å². The molecule has 2 saturated heterocycles. The van der Waals surface area contributed by atoms with Crippen LogP contribution in [-0.2, 0) is 4.79 Å². The van der Waals surface area contributed by atoms with E-state index < -0.39 is 12.0 Å². The zero-order valence-electron chi connectivity index (χ0n) is 18.3. The molecule has 0 spiro atoms. The number of nitrogens with zero attached hydrogens (tertiary/aromatic N) is 5. The molecule has 2 aromatic rings. The van der Waals surface area contributed by atoms with Crippen LogP contribution in [0, 0.1) is 6.92 Å². The maximum atomic E-state index is 11.6. The van der Waals surface area contributed by atoms with E-state index in [1.165, 1.54) is 12.8 Å². The zero-order chi connectivity index (χ0) is 21.6. The molecule has 1 aromatic carbocycles. The zero-order valence-corrected chi connectivity index (χ0v) is 18.3. The van der Waals surface area contributed by atoms with E-state index in [0.29, 0.717) is 17.8 Å². The topological polar surface area (TPSA) is 94.5 Å². The van der Waals surface area contributed by atoms with E-state index in [9.17, 15) is 9.90 Å². The first kappa shape index (κ1) is 21.3. The third-order valence-electron chi connectivity index (χ3n) is 6.05. The van der Waals surface area contributed by atoms with E-state index in [2.05, 4.69) is 15.1 Å². The van der Waals surface area contributed by atoms with E-state index in [1.54, 1.807) is 0 Å². The highest BCUT2D eigenvalue weighted by molar-refractivity contribution is 5.68. The third kappa shape index (κ3) is 5.62. The molecule has 2 fully saturated rings. The lowest BCUT2D eigenvalue weighted by Gasteiger charge is -2.30. The summed E-state index contributed by atoms with van der Waals surface area (Å²) >= 11 is 0. The second-order valence-corrected chi connectivity index (χ2v) is 8.56. The molecule has 8 nitrogen and oxygen atoms in total. The fourth-order valence-electron chi connectivity index (χ4n) is 4.27. The number of hydrogen-bond donors (Lipinski definition) is 2. The maximum absolute atomic E-state index is 11.6. The highest BCUT2D eigenvalue weighted by atomic mass is 16.4. The highest BCUT2D eigenvalue weighted by Crippen LogP contribution is 2.26. The van der Waals surface area contributed by atoms with Crippen molar-refractivity contribution in [3.8, 4) is 0 Å². The van der Waals surface area contributed by atoms with Crippen LogP contribution in [0.5, 0.6) is 0 Å². The van der Waals surface area contributed by atoms with Crippen molar-refractivity contribution in [3.05, 3.63) is 35.4 Å². The van der Waals surface area contributed by atoms with Gasteiger partial charge in [-0.05, 0) is 51.0 Å². The van der Waals surface area contributed by atoms with Crippen LogP contribution >= 0.6 is 0 Å². The first-order chi connectivity index (χ1) is 15.1. The van der Waals surface area contributed by atoms with E-state index in [0.717, 1.165) is 63.0 Å². The quantitative estimate of drug-likeness (QED) is 0.693. The Bertz CT molecular complexity index is 840. The number of aliphatic carboxylic acids is 1. The van der Waals surface area contributed by atoms with Gasteiger partial charge in [-0.2, -0.15) is 15.0 Å². The second-order valence-electron chi connectivity index (χ2n) is 8.56. The van der Waals surface area contributed by atoms with E-state index >= 15 is 0 Å². The summed E-state index contributed by atoms with van der Waals surface area (Å²) < 4.78 is 0. The van der Waals surface area contributed by atoms with Gasteiger partial charge in [0, 0.05) is 26.2 Å². The minimum absolute atomic E-state index is 0.0488. The van der Waals surface area contributed by atoms with Crippen molar-refractivity contribution >= 4 is 23.8 Å². The molecule has 2 aliphatic heterocycles. The summed E-state index contributed by atoms with van der Waals surface area (Å²) in [7, 11) is 0. The van der Waals surface area contributed by atoms with E-state index in [1.807, 2.05) is 31.2 Å². The first-order valence-corrected chi connectivity index (χ1v) is 11.4. The number of benzene rings is 1. The van der Waals surface area contributed by atoms with E-state index in [-0.39, 0.29) is 6.42 Å². The molecule has 8 heteroatoms. The lowest BCUT2D eigenvalue weighted by Crippen LogP contribution is -2.34. The van der Waals surface area contributed by atoms with Crippen LogP contribution in [0.3, 0.4) is 0 Å². The molecule has 1 aromatic heterocycles. The molecule has 4 rings (SSSR count). The van der Waals surface area contributed by atoms with Crippen molar-refractivity contribution in [2.75, 3.05) is 41.3 Å². The molecule has 2 N–H and O–H groups in total. The molecule has 0 amide bonds. The average Bonchev–Trinajstić information content (AvgIpc) is 2.80. The molecule has 3 heterocycles. The largest absolute Gasteiger partial charge is 0.481 e. The van der Waals surface area contributed by atoms with Gasteiger partial charge in [0.25, 0.3) is 0 Å². The van der Waals surface area contributed by atoms with Crippen LogP contribution < -0.4 is 15.1 Å². The third-order valence-corrected chi connectivity index (χ3v) is 6.05. The monoisotopic (exact) mass is 424 g/mol. The minimum Gasteiger partial charge on any atom is -0.481 e. The Hall–Kier alpha value is -2.90. The predicted molar refractivity (Wildman–Crippen MR) is 122 cm³/mol. The van der Waals surface area contributed by atoms with Crippen LogP contribution in [-0.4, -0.2) is 52.2 Å². The Morgan fingerprint density at radius 3 is 1.90 bits per heavy atom. The van der Waals surface area contributed by atoms with Crippen molar-refractivity contribution in [2.45, 2.75) is 57.9 Å². The maximum Gasteiger partial charge on any atom is 0.305 e. The number of nitrogens with one attached hydrogen (secondary N) is 1. The Morgan fingerprint density at radius 1 is 0.903 bits per heavy atom. The summed E-state index contributed by atoms with van der Waals surface area (Å²) in [5.41, 5.74) is 2.05. The highest BCUT2D eigenvalue weighted by Gasteiger charge is 2.23. The standard InChI is InChI=1S/C23H32N6O2/c1-17-8-10-18(11-9-17)19(16-20(30)31)24-21-25-22(28-12-4-2-5-13-28)27-23(26-21)29-14-6-3-7-15-29/h8-11,19H,2-7,12-16H2,1H3,(H,30,31)(H,24,25,26,27)/t19-/m1/s1. The van der Waals surface area contributed by atoms with Gasteiger partial charge < -0.3 is 20.2 Å². The van der Waals surface area contributed by atoms with Crippen molar-refractivity contribution in [2.24, 2.45) is 0 Å². The number of anilines is 3. The molecule has 0 bridgehead atoms.